The van der Waals surface area contributed by atoms with Gasteiger partial charge in [0.05, 0.1) is 11.0 Å². The first kappa shape index (κ1) is 10.2. The van der Waals surface area contributed by atoms with Gasteiger partial charge in [-0.25, -0.2) is 9.78 Å². The third-order valence-corrected chi connectivity index (χ3v) is 2.75. The van der Waals surface area contributed by atoms with E-state index in [4.69, 9.17) is 9.84 Å². The number of rotatable bonds is 1. The molecule has 1 aromatic heterocycles. The summed E-state index contributed by atoms with van der Waals surface area (Å²) in [5, 5.41) is 8.85. The topological polar surface area (TPSA) is 62.7 Å². The molecule has 0 saturated carbocycles. The molecule has 5 nitrogen and oxygen atoms in total. The minimum Gasteiger partial charge on any atom is -0.487 e. The van der Waals surface area contributed by atoms with Crippen molar-refractivity contribution in [1.29, 1.82) is 0 Å². The largest absolute Gasteiger partial charge is 0.487 e. The molecule has 0 unspecified atom stereocenters. The van der Waals surface area contributed by atoms with E-state index < -0.39 is 5.97 Å². The number of anilines is 1. The minimum atomic E-state index is -1.04. The normalized spacial score (nSPS) is 14.4. The Morgan fingerprint density at radius 3 is 3.13 bits per heavy atom. The second-order valence-corrected chi connectivity index (χ2v) is 4.07. The van der Waals surface area contributed by atoms with Crippen LogP contribution in [0.25, 0.3) is 0 Å². The molecule has 15 heavy (non-hydrogen) atoms. The van der Waals surface area contributed by atoms with Gasteiger partial charge >= 0.3 is 5.97 Å². The molecule has 0 fully saturated rings. The fourth-order valence-electron chi connectivity index (χ4n) is 1.38. The zero-order valence-corrected chi connectivity index (χ0v) is 9.61. The highest BCUT2D eigenvalue weighted by Crippen LogP contribution is 2.36. The minimum absolute atomic E-state index is 0.0120. The summed E-state index contributed by atoms with van der Waals surface area (Å²) in [5.74, 6) is 0.124. The molecule has 2 heterocycles. The van der Waals surface area contributed by atoms with Gasteiger partial charge in [-0.15, -0.1) is 0 Å². The standard InChI is InChI=1S/C9H9BrN2O3/c1-12-2-3-15-7-5(10)4-6(9(13)14)11-8(7)12/h4H,2-3H2,1H3,(H,13,14). The van der Waals surface area contributed by atoms with Crippen molar-refractivity contribution < 1.29 is 14.6 Å². The Morgan fingerprint density at radius 2 is 2.47 bits per heavy atom. The second kappa shape index (κ2) is 3.69. The number of halogens is 1. The van der Waals surface area contributed by atoms with Crippen molar-refractivity contribution in [2.24, 2.45) is 0 Å². The molecule has 1 N–H and O–H groups in total. The molecule has 0 amide bonds. The maximum atomic E-state index is 10.8. The van der Waals surface area contributed by atoms with Crippen LogP contribution in [0, 0.1) is 0 Å². The second-order valence-electron chi connectivity index (χ2n) is 3.22. The van der Waals surface area contributed by atoms with Gasteiger partial charge in [-0.2, -0.15) is 0 Å². The van der Waals surface area contributed by atoms with Crippen molar-refractivity contribution in [3.05, 3.63) is 16.2 Å². The van der Waals surface area contributed by atoms with Gasteiger partial charge in [-0.05, 0) is 22.0 Å². The Kier molecular flexibility index (Phi) is 2.52. The van der Waals surface area contributed by atoms with E-state index >= 15 is 0 Å². The maximum Gasteiger partial charge on any atom is 0.354 e. The summed E-state index contributed by atoms with van der Waals surface area (Å²) in [4.78, 5) is 16.7. The average Bonchev–Trinajstić information content (AvgIpc) is 2.19. The van der Waals surface area contributed by atoms with E-state index in [0.29, 0.717) is 29.2 Å². The average molecular weight is 273 g/mol. The van der Waals surface area contributed by atoms with E-state index in [9.17, 15) is 4.79 Å². The Hall–Kier alpha value is -1.30. The number of carbonyl (C=O) groups is 1. The van der Waals surface area contributed by atoms with Gasteiger partial charge in [0.25, 0.3) is 0 Å². The molecule has 0 bridgehead atoms. The van der Waals surface area contributed by atoms with Crippen LogP contribution in [0.3, 0.4) is 0 Å². The Labute approximate surface area is 94.8 Å². The van der Waals surface area contributed by atoms with Crippen LogP contribution >= 0.6 is 15.9 Å². The first-order chi connectivity index (χ1) is 7.09. The fraction of sp³-hybridized carbons (Fsp3) is 0.333. The van der Waals surface area contributed by atoms with Crippen molar-refractivity contribution in [3.8, 4) is 5.75 Å². The summed E-state index contributed by atoms with van der Waals surface area (Å²) < 4.78 is 6.04. The summed E-state index contributed by atoms with van der Waals surface area (Å²) in [6.07, 6.45) is 0. The van der Waals surface area contributed by atoms with Crippen LogP contribution in [0.4, 0.5) is 5.82 Å². The Bertz CT molecular complexity index is 422. The van der Waals surface area contributed by atoms with Crippen molar-refractivity contribution in [2.75, 3.05) is 25.1 Å². The van der Waals surface area contributed by atoms with Gasteiger partial charge in [-0.1, -0.05) is 0 Å². The quantitative estimate of drug-likeness (QED) is 0.837. The van der Waals surface area contributed by atoms with Crippen molar-refractivity contribution in [2.45, 2.75) is 0 Å². The lowest BCUT2D eigenvalue weighted by Crippen LogP contribution is -2.30. The smallest absolute Gasteiger partial charge is 0.354 e. The van der Waals surface area contributed by atoms with E-state index in [0.717, 1.165) is 0 Å². The summed E-state index contributed by atoms with van der Waals surface area (Å²) >= 11 is 3.27. The highest BCUT2D eigenvalue weighted by Gasteiger charge is 2.22. The highest BCUT2D eigenvalue weighted by atomic mass is 79.9. The maximum absolute atomic E-state index is 10.8. The van der Waals surface area contributed by atoms with Crippen molar-refractivity contribution >= 4 is 27.7 Å². The number of aromatic nitrogens is 1. The summed E-state index contributed by atoms with van der Waals surface area (Å²) in [6, 6.07) is 1.44. The van der Waals surface area contributed by atoms with Crippen LogP contribution in [0.1, 0.15) is 10.5 Å². The third-order valence-electron chi connectivity index (χ3n) is 2.16. The number of carboxylic acid groups (broad SMARTS) is 1. The lowest BCUT2D eigenvalue weighted by molar-refractivity contribution is 0.0690. The molecule has 6 heteroatoms. The number of nitrogens with zero attached hydrogens (tertiary/aromatic N) is 2. The van der Waals surface area contributed by atoms with Gasteiger partial charge in [0.1, 0.15) is 6.61 Å². The number of likely N-dealkylation sites (N-methyl/N-ethyl adjacent to an activating group) is 1. The predicted molar refractivity (Wildman–Crippen MR) is 57.7 cm³/mol. The zero-order chi connectivity index (χ0) is 11.0. The van der Waals surface area contributed by atoms with Crippen molar-refractivity contribution in [1.82, 2.24) is 4.98 Å². The Morgan fingerprint density at radius 1 is 1.73 bits per heavy atom. The number of hydrogen-bond acceptors (Lipinski definition) is 4. The van der Waals surface area contributed by atoms with Gasteiger partial charge in [0.15, 0.2) is 17.3 Å². The van der Waals surface area contributed by atoms with E-state index in [1.807, 2.05) is 11.9 Å². The molecule has 0 atom stereocenters. The van der Waals surface area contributed by atoms with Crippen LogP contribution in [-0.2, 0) is 0 Å². The number of pyridine rings is 1. The van der Waals surface area contributed by atoms with Gasteiger partial charge in [0, 0.05) is 7.05 Å². The van der Waals surface area contributed by atoms with Crippen LogP contribution in [0.2, 0.25) is 0 Å². The molecule has 0 radical (unpaired) electrons. The van der Waals surface area contributed by atoms with E-state index in [1.54, 1.807) is 0 Å². The number of hydrogen-bond donors (Lipinski definition) is 1. The third kappa shape index (κ3) is 1.77. The molecule has 0 aromatic carbocycles. The molecule has 1 aliphatic rings. The van der Waals surface area contributed by atoms with Crippen LogP contribution in [0.5, 0.6) is 5.75 Å². The number of aromatic carboxylic acids is 1. The van der Waals surface area contributed by atoms with Crippen LogP contribution in [-0.4, -0.2) is 36.3 Å². The van der Waals surface area contributed by atoms with Crippen LogP contribution in [0.15, 0.2) is 10.5 Å². The van der Waals surface area contributed by atoms with E-state index in [2.05, 4.69) is 20.9 Å². The summed E-state index contributed by atoms with van der Waals surface area (Å²) in [6.45, 7) is 1.28. The molecule has 0 saturated heterocycles. The molecule has 2 rings (SSSR count). The molecule has 1 aromatic rings. The predicted octanol–water partition coefficient (Wildman–Crippen LogP) is 1.37. The molecule has 0 aliphatic carbocycles. The lowest BCUT2D eigenvalue weighted by Gasteiger charge is -2.27. The zero-order valence-electron chi connectivity index (χ0n) is 8.03. The first-order valence-electron chi connectivity index (χ1n) is 4.37. The summed E-state index contributed by atoms with van der Waals surface area (Å²) in [5.41, 5.74) is 0.0120. The van der Waals surface area contributed by atoms with E-state index in [1.165, 1.54) is 6.07 Å². The SMILES string of the molecule is CN1CCOc2c(Br)cc(C(=O)O)nc21. The molecular weight excluding hydrogens is 264 g/mol. The van der Waals surface area contributed by atoms with Gasteiger partial charge in [0.2, 0.25) is 0 Å². The van der Waals surface area contributed by atoms with E-state index in [-0.39, 0.29) is 5.69 Å². The van der Waals surface area contributed by atoms with Gasteiger partial charge in [-0.3, -0.25) is 0 Å². The number of ether oxygens (including phenoxy) is 1. The van der Waals surface area contributed by atoms with Crippen molar-refractivity contribution in [3.63, 3.8) is 0 Å². The van der Waals surface area contributed by atoms with Crippen LogP contribution < -0.4 is 9.64 Å². The molecule has 1 aliphatic heterocycles. The molecular formula is C9H9BrN2O3. The first-order valence-corrected chi connectivity index (χ1v) is 5.16. The summed E-state index contributed by atoms with van der Waals surface area (Å²) in [7, 11) is 1.85. The Balaban J connectivity index is 2.56. The fourth-order valence-corrected chi connectivity index (χ4v) is 1.89. The molecule has 0 spiro atoms. The molecule has 80 valence electrons. The number of carboxylic acids is 1. The number of fused-ring (bicyclic) bond motifs is 1. The highest BCUT2D eigenvalue weighted by molar-refractivity contribution is 9.10. The van der Waals surface area contributed by atoms with Gasteiger partial charge < -0.3 is 14.7 Å². The monoisotopic (exact) mass is 272 g/mol. The lowest BCUT2D eigenvalue weighted by atomic mass is 10.3.